The van der Waals surface area contributed by atoms with Crippen molar-refractivity contribution in [1.82, 2.24) is 68.7 Å². The number of nitrogens with zero attached hydrogens (tertiary/aromatic N) is 7. The van der Waals surface area contributed by atoms with Crippen LogP contribution in [0.25, 0.3) is 0 Å². The lowest BCUT2D eigenvalue weighted by molar-refractivity contribution is -0.247. The molecule has 0 radical (unpaired) electrons. The van der Waals surface area contributed by atoms with Crippen LogP contribution in [0.2, 0.25) is 0 Å². The third-order valence-electron chi connectivity index (χ3n) is 15.0. The fourth-order valence-electron chi connectivity index (χ4n) is 10.4. The van der Waals surface area contributed by atoms with E-state index in [4.69, 9.17) is 130 Å². The summed E-state index contributed by atoms with van der Waals surface area (Å²) in [6.45, 7) is 16.6. The first-order valence-corrected chi connectivity index (χ1v) is 34.6. The van der Waals surface area contributed by atoms with E-state index in [0.717, 1.165) is 62.3 Å². The molecule has 0 aromatic rings. The van der Waals surface area contributed by atoms with Gasteiger partial charge in [0.25, 0.3) is 0 Å². The Morgan fingerprint density at radius 2 is 0.515 bits per heavy atom. The van der Waals surface area contributed by atoms with Crippen molar-refractivity contribution in [3.8, 4) is 0 Å². The van der Waals surface area contributed by atoms with Gasteiger partial charge in [-0.1, -0.05) is 0 Å². The number of hydrogen-bond donors (Lipinski definition) is 12. The Balaban J connectivity index is 1.21. The third-order valence-corrected chi connectivity index (χ3v) is 16.7. The van der Waals surface area contributed by atoms with E-state index in [9.17, 15) is 43.2 Å². The highest BCUT2D eigenvalue weighted by Gasteiger charge is 2.55. The molecule has 15 atom stereocenters. The molecule has 46 heteroatoms. The Bertz CT molecular complexity index is 2930. The van der Waals surface area contributed by atoms with Crippen LogP contribution in [-0.4, -0.2) is 277 Å². The molecular weight excluding hydrogens is 1480 g/mol. The highest BCUT2D eigenvalue weighted by molar-refractivity contribution is 7.81. The van der Waals surface area contributed by atoms with Crippen LogP contribution < -0.4 is 63.8 Å². The number of carbonyl (C=O) groups is 9. The van der Waals surface area contributed by atoms with Crippen LogP contribution >= 0.6 is 73.3 Å². The Hall–Kier alpha value is -7.99. The van der Waals surface area contributed by atoms with E-state index in [1.807, 2.05) is 4.90 Å². The van der Waals surface area contributed by atoms with Crippen LogP contribution in [-0.2, 0) is 100.0 Å². The van der Waals surface area contributed by atoms with Gasteiger partial charge in [0, 0.05) is 121 Å². The molecule has 0 aromatic carbocycles. The first-order chi connectivity index (χ1) is 48.4. The van der Waals surface area contributed by atoms with Crippen molar-refractivity contribution in [3.63, 3.8) is 0 Å². The van der Waals surface area contributed by atoms with Crippen LogP contribution in [0.4, 0.5) is 0 Å². The zero-order valence-corrected chi connectivity index (χ0v) is 63.2. The minimum atomic E-state index is -1.46. The van der Waals surface area contributed by atoms with E-state index in [2.05, 4.69) is 94.5 Å². The Labute approximate surface area is 624 Å². The van der Waals surface area contributed by atoms with E-state index < -0.39 is 163 Å². The topological polar surface area (TPSA) is 486 Å². The molecule has 3 fully saturated rings. The normalized spacial score (nSPS) is 26.7. The standard InChI is InChI=1S/C57H87N19O21S6/c1-25(77)86-37-34(19-61-49(98)64-22-55(10)70-71-55)95-46(43(92-31(7)83)40(37)89-28(4)80)67-52(101)58-13-16-76(17-14-59-53(102)68-47-44(93-32(8)84)41(90-29(5)81)38(87-26(2)78)35(96-47)20-62-50(99)65-23-56(11)72-73-56)18-15-60-54(103)69-48-45(94-33(9)85)42(91-30(6)82)39(88-27(3)79)36(97-48)21-63-51(100)66-24-57(12)74-75-57/h34-48H,13-24H2,1-12H3,(H2,58,67,101)(H2,59,68,102)(H2,60,69,103)(H2,61,64,98)(H2,62,65,99)(H2,63,66,100)/t34-,35-,36-,37-,38-,39-,40+,41+,42+,43+,44+,45+,46+,47+,48+/m1/s1. The van der Waals surface area contributed by atoms with Gasteiger partial charge in [0.05, 0.1) is 19.6 Å². The Morgan fingerprint density at radius 3 is 0.718 bits per heavy atom. The lowest BCUT2D eigenvalue weighted by Gasteiger charge is -2.45. The fourth-order valence-corrected chi connectivity index (χ4v) is 11.5. The number of hydrogen-bond acceptors (Lipinski definition) is 34. The molecule has 0 aliphatic carbocycles. The highest BCUT2D eigenvalue weighted by atomic mass is 32.1. The summed E-state index contributed by atoms with van der Waals surface area (Å²) in [7, 11) is 0. The molecule has 572 valence electrons. The Kier molecular flexibility index (Phi) is 31.5. The summed E-state index contributed by atoms with van der Waals surface area (Å²) in [6, 6.07) is 0. The van der Waals surface area contributed by atoms with Gasteiger partial charge in [-0.2, -0.15) is 30.7 Å². The molecule has 3 saturated heterocycles. The molecule has 0 unspecified atom stereocenters. The van der Waals surface area contributed by atoms with Gasteiger partial charge in [-0.3, -0.25) is 48.1 Å². The number of nitrogens with one attached hydrogen (secondary N) is 12. The third kappa shape index (κ3) is 28.9. The second-order valence-corrected chi connectivity index (χ2v) is 26.9. The summed E-state index contributed by atoms with van der Waals surface area (Å²) in [5.74, 6) is -7.18. The second kappa shape index (κ2) is 38.7. The predicted octanol–water partition coefficient (Wildman–Crippen LogP) is -2.82. The molecule has 6 rings (SSSR count). The molecule has 0 bridgehead atoms. The van der Waals surface area contributed by atoms with Crippen LogP contribution in [0.1, 0.15) is 83.1 Å². The first-order valence-electron chi connectivity index (χ1n) is 32.2. The maximum absolute atomic E-state index is 12.7. The van der Waals surface area contributed by atoms with Crippen LogP contribution in [0.5, 0.6) is 0 Å². The molecule has 0 amide bonds. The van der Waals surface area contributed by atoms with Gasteiger partial charge in [-0.25, -0.2) is 0 Å². The predicted molar refractivity (Wildman–Crippen MR) is 379 cm³/mol. The van der Waals surface area contributed by atoms with Gasteiger partial charge in [-0.15, -0.1) is 0 Å². The average Bonchev–Trinajstić information content (AvgIpc) is 1.67. The van der Waals surface area contributed by atoms with Crippen molar-refractivity contribution in [2.45, 2.75) is 192 Å². The molecule has 0 saturated carbocycles. The quantitative estimate of drug-likeness (QED) is 0.0179. The van der Waals surface area contributed by atoms with Crippen molar-refractivity contribution < 1.29 is 100.0 Å². The molecule has 0 aromatic heterocycles. The smallest absolute Gasteiger partial charge is 0.303 e. The summed E-state index contributed by atoms with van der Waals surface area (Å²) < 4.78 is 70.3. The summed E-state index contributed by atoms with van der Waals surface area (Å²) in [5, 5.41) is 60.4. The molecule has 6 heterocycles. The van der Waals surface area contributed by atoms with Crippen molar-refractivity contribution in [2.24, 2.45) is 30.7 Å². The zero-order chi connectivity index (χ0) is 76.1. The molecule has 6 aliphatic rings. The first kappa shape index (κ1) is 84.0. The van der Waals surface area contributed by atoms with Crippen LogP contribution in [0.3, 0.4) is 0 Å². The molecule has 6 aliphatic heterocycles. The minimum absolute atomic E-state index is 0.0523. The lowest BCUT2D eigenvalue weighted by atomic mass is 9.96. The van der Waals surface area contributed by atoms with Gasteiger partial charge in [0.2, 0.25) is 17.0 Å². The summed E-state index contributed by atoms with van der Waals surface area (Å²) in [4.78, 5) is 116. The number of ether oxygens (including phenoxy) is 12. The average molecular weight is 1570 g/mol. The number of thiocarbonyl (C=S) groups is 6. The number of esters is 9. The van der Waals surface area contributed by atoms with Gasteiger partial charge in [0.15, 0.2) is 104 Å². The summed E-state index contributed by atoms with van der Waals surface area (Å²) >= 11 is 33.8. The van der Waals surface area contributed by atoms with E-state index in [0.29, 0.717) is 0 Å². The number of rotatable bonds is 33. The molecule has 103 heavy (non-hydrogen) atoms. The number of carbonyl (C=O) groups excluding carboxylic acids is 9. The van der Waals surface area contributed by atoms with Gasteiger partial charge in [-0.05, 0) is 94.1 Å². The van der Waals surface area contributed by atoms with Crippen molar-refractivity contribution in [1.29, 1.82) is 0 Å². The van der Waals surface area contributed by atoms with Gasteiger partial charge >= 0.3 is 53.7 Å². The highest BCUT2D eigenvalue weighted by Crippen LogP contribution is 2.32. The molecule has 40 nitrogen and oxygen atoms in total. The molecule has 0 spiro atoms. The minimum Gasteiger partial charge on any atom is -0.456 e. The SMILES string of the molecule is CC(=O)O[C@H]1[C@H](OC(C)=O)[C@@H](CNC(=S)NCC2(C)N=N2)O[C@H](NC(=S)NCCN(CCNC(=S)N[C@H]2O[C@H](CNC(=S)NCC3(C)N=N3)[C@@H](OC(C)=O)[C@H](OC(C)=O)[C@@H]2OC(C)=O)CCNC(=S)N[C@H]2O[C@H](CNC(=S)NCC3(C)N=N3)[C@@H](OC(C)=O)[C@H](OC(C)=O)[C@@H]2OC(C)=O)[C@H]1OC(C)=O. The monoisotopic (exact) mass is 1570 g/mol. The summed E-state index contributed by atoms with van der Waals surface area (Å²) in [5.41, 5.74) is -1.96. The van der Waals surface area contributed by atoms with E-state index in [1.165, 1.54) is 0 Å². The second-order valence-electron chi connectivity index (χ2n) is 24.4. The molecule has 12 N–H and O–H groups in total. The van der Waals surface area contributed by atoms with Crippen molar-refractivity contribution >= 4 is 158 Å². The Morgan fingerprint density at radius 1 is 0.311 bits per heavy atom. The van der Waals surface area contributed by atoms with Crippen molar-refractivity contribution in [2.75, 3.05) is 78.5 Å². The summed E-state index contributed by atoms with van der Waals surface area (Å²) in [6.07, 6.45) is -20.2. The van der Waals surface area contributed by atoms with E-state index >= 15 is 0 Å². The van der Waals surface area contributed by atoms with E-state index in [1.54, 1.807) is 20.8 Å². The lowest BCUT2D eigenvalue weighted by Crippen LogP contribution is -2.67. The van der Waals surface area contributed by atoms with Gasteiger partial charge in [0.1, 0.15) is 18.3 Å². The van der Waals surface area contributed by atoms with Crippen LogP contribution in [0.15, 0.2) is 30.7 Å². The maximum Gasteiger partial charge on any atom is 0.303 e. The van der Waals surface area contributed by atoms with E-state index in [-0.39, 0.29) is 109 Å². The zero-order valence-electron chi connectivity index (χ0n) is 58.3. The fraction of sp³-hybridized carbons (Fsp3) is 0.737. The van der Waals surface area contributed by atoms with Crippen LogP contribution in [0, 0.1) is 0 Å². The largest absolute Gasteiger partial charge is 0.456 e. The van der Waals surface area contributed by atoms with Gasteiger partial charge < -0.3 is 121 Å². The molecular formula is C57H87N19O21S6. The van der Waals surface area contributed by atoms with Crippen molar-refractivity contribution in [3.05, 3.63) is 0 Å². The maximum atomic E-state index is 12.7.